The van der Waals surface area contributed by atoms with Crippen LogP contribution in [0.2, 0.25) is 5.02 Å². The van der Waals surface area contributed by atoms with Crippen LogP contribution in [-0.2, 0) is 27.8 Å². The average Bonchev–Trinajstić information content (AvgIpc) is 2.80. The molecule has 0 aliphatic heterocycles. The summed E-state index contributed by atoms with van der Waals surface area (Å²) in [5, 5.41) is 3.96. The molecule has 0 saturated carbocycles. The summed E-state index contributed by atoms with van der Waals surface area (Å²) < 4.78 is 36.6. The molecule has 0 heterocycles. The molecular weight excluding hydrogens is 462 g/mol. The maximum atomic E-state index is 12.7. The lowest BCUT2D eigenvalue weighted by molar-refractivity contribution is 0.160. The second kappa shape index (κ2) is 11.7. The van der Waals surface area contributed by atoms with Gasteiger partial charge in [-0.3, -0.25) is 0 Å². The fourth-order valence-electron chi connectivity index (χ4n) is 3.02. The SMILES string of the molecule is CCON=Cc1ccc(CCOc2cc(CC)cc(OS(=O)(=O)c3ccccc3Cl)c2)cc1. The van der Waals surface area contributed by atoms with Crippen LogP contribution in [0.1, 0.15) is 30.5 Å². The van der Waals surface area contributed by atoms with Gasteiger partial charge in [-0.25, -0.2) is 0 Å². The van der Waals surface area contributed by atoms with Crippen LogP contribution in [0.25, 0.3) is 0 Å². The van der Waals surface area contributed by atoms with E-state index in [4.69, 9.17) is 25.4 Å². The van der Waals surface area contributed by atoms with E-state index >= 15 is 0 Å². The number of nitrogens with zero attached hydrogens (tertiary/aromatic N) is 1. The minimum Gasteiger partial charge on any atom is -0.493 e. The first-order chi connectivity index (χ1) is 15.9. The van der Waals surface area contributed by atoms with E-state index in [2.05, 4.69) is 5.16 Å². The summed E-state index contributed by atoms with van der Waals surface area (Å²) in [7, 11) is -4.07. The molecule has 6 nitrogen and oxygen atoms in total. The van der Waals surface area contributed by atoms with Crippen LogP contribution in [0.3, 0.4) is 0 Å². The maximum absolute atomic E-state index is 12.7. The number of oxime groups is 1. The predicted molar refractivity (Wildman–Crippen MR) is 130 cm³/mol. The molecule has 174 valence electrons. The van der Waals surface area contributed by atoms with Crippen LogP contribution in [0.5, 0.6) is 11.5 Å². The number of hydrogen-bond donors (Lipinski definition) is 0. The van der Waals surface area contributed by atoms with Gasteiger partial charge < -0.3 is 13.8 Å². The number of rotatable bonds is 11. The van der Waals surface area contributed by atoms with Crippen LogP contribution >= 0.6 is 11.6 Å². The summed E-state index contributed by atoms with van der Waals surface area (Å²) in [6.07, 6.45) is 3.05. The lowest BCUT2D eigenvalue weighted by Crippen LogP contribution is -2.11. The maximum Gasteiger partial charge on any atom is 0.340 e. The zero-order valence-corrected chi connectivity index (χ0v) is 20.1. The summed E-state index contributed by atoms with van der Waals surface area (Å²) in [6, 6.07) is 19.2. The Labute approximate surface area is 199 Å². The van der Waals surface area contributed by atoms with Crippen molar-refractivity contribution in [3.8, 4) is 11.5 Å². The van der Waals surface area contributed by atoms with Crippen molar-refractivity contribution in [3.63, 3.8) is 0 Å². The lowest BCUT2D eigenvalue weighted by atomic mass is 10.1. The van der Waals surface area contributed by atoms with Gasteiger partial charge in [-0.2, -0.15) is 8.42 Å². The van der Waals surface area contributed by atoms with Crippen molar-refractivity contribution in [2.24, 2.45) is 5.16 Å². The molecule has 0 bridgehead atoms. The van der Waals surface area contributed by atoms with Crippen molar-refractivity contribution in [2.75, 3.05) is 13.2 Å². The summed E-state index contributed by atoms with van der Waals surface area (Å²) in [5.74, 6) is 0.724. The molecule has 0 aliphatic rings. The molecule has 0 atom stereocenters. The van der Waals surface area contributed by atoms with E-state index in [1.54, 1.807) is 30.5 Å². The van der Waals surface area contributed by atoms with Crippen molar-refractivity contribution >= 4 is 27.9 Å². The van der Waals surface area contributed by atoms with Crippen LogP contribution in [-0.4, -0.2) is 27.8 Å². The van der Waals surface area contributed by atoms with E-state index in [0.717, 1.165) is 16.7 Å². The van der Waals surface area contributed by atoms with Gasteiger partial charge in [0.25, 0.3) is 0 Å². The van der Waals surface area contributed by atoms with Crippen molar-refractivity contribution in [3.05, 3.63) is 88.4 Å². The van der Waals surface area contributed by atoms with Crippen LogP contribution in [0, 0.1) is 0 Å². The van der Waals surface area contributed by atoms with Gasteiger partial charge in [0.15, 0.2) is 0 Å². The van der Waals surface area contributed by atoms with Crippen LogP contribution in [0.15, 0.2) is 76.8 Å². The minimum atomic E-state index is -4.07. The Kier molecular flexibility index (Phi) is 8.74. The number of aryl methyl sites for hydroxylation is 1. The molecular formula is C25H26ClNO5S. The third kappa shape index (κ3) is 7.23. The van der Waals surface area contributed by atoms with Gasteiger partial charge in [-0.15, -0.1) is 0 Å². The largest absolute Gasteiger partial charge is 0.493 e. The number of hydrogen-bond acceptors (Lipinski definition) is 6. The highest BCUT2D eigenvalue weighted by Crippen LogP contribution is 2.28. The summed E-state index contributed by atoms with van der Waals surface area (Å²) in [4.78, 5) is 4.89. The van der Waals surface area contributed by atoms with Crippen molar-refractivity contribution in [1.29, 1.82) is 0 Å². The van der Waals surface area contributed by atoms with Gasteiger partial charge in [-0.05, 0) is 54.3 Å². The van der Waals surface area contributed by atoms with Gasteiger partial charge in [0.1, 0.15) is 23.0 Å². The van der Waals surface area contributed by atoms with Crippen LogP contribution in [0.4, 0.5) is 0 Å². The smallest absolute Gasteiger partial charge is 0.340 e. The molecule has 0 fully saturated rings. The Morgan fingerprint density at radius 3 is 2.36 bits per heavy atom. The highest BCUT2D eigenvalue weighted by atomic mass is 35.5. The molecule has 33 heavy (non-hydrogen) atoms. The molecule has 0 aliphatic carbocycles. The van der Waals surface area contributed by atoms with Gasteiger partial charge in [0.2, 0.25) is 0 Å². The molecule has 3 rings (SSSR count). The summed E-state index contributed by atoms with van der Waals surface area (Å²) in [5.41, 5.74) is 2.95. The third-order valence-corrected chi connectivity index (χ3v) is 6.45. The van der Waals surface area contributed by atoms with E-state index in [1.807, 2.05) is 44.2 Å². The fourth-order valence-corrected chi connectivity index (χ4v) is 4.43. The van der Waals surface area contributed by atoms with Crippen molar-refractivity contribution in [1.82, 2.24) is 0 Å². The van der Waals surface area contributed by atoms with Crippen LogP contribution < -0.4 is 8.92 Å². The summed E-state index contributed by atoms with van der Waals surface area (Å²) >= 11 is 6.04. The second-order valence-corrected chi connectivity index (χ2v) is 9.05. The number of halogens is 1. The van der Waals surface area contributed by atoms with E-state index < -0.39 is 10.1 Å². The predicted octanol–water partition coefficient (Wildman–Crippen LogP) is 5.66. The Balaban J connectivity index is 1.66. The molecule has 0 saturated heterocycles. The molecule has 0 radical (unpaired) electrons. The number of benzene rings is 3. The monoisotopic (exact) mass is 487 g/mol. The molecule has 3 aromatic rings. The standard InChI is InChI=1S/C25H26ClNO5S/c1-3-19-15-22(30-14-13-20-9-11-21(12-10-20)18-27-31-4-2)17-23(16-19)32-33(28,29)25-8-6-5-7-24(25)26/h5-12,15-18H,3-4,13-14H2,1-2H3. The highest BCUT2D eigenvalue weighted by Gasteiger charge is 2.20. The van der Waals surface area contributed by atoms with Gasteiger partial charge in [0.05, 0.1) is 17.8 Å². The molecule has 0 aromatic heterocycles. The zero-order chi connectivity index (χ0) is 23.7. The minimum absolute atomic E-state index is 0.0780. The van der Waals surface area contributed by atoms with Crippen molar-refractivity contribution in [2.45, 2.75) is 31.6 Å². The second-order valence-electron chi connectivity index (χ2n) is 7.13. The van der Waals surface area contributed by atoms with E-state index in [9.17, 15) is 8.42 Å². The van der Waals surface area contributed by atoms with Gasteiger partial charge in [-0.1, -0.05) is 60.1 Å². The van der Waals surface area contributed by atoms with E-state index in [0.29, 0.717) is 31.8 Å². The first kappa shape index (κ1) is 24.6. The first-order valence-electron chi connectivity index (χ1n) is 10.6. The average molecular weight is 488 g/mol. The van der Waals surface area contributed by atoms with Crippen molar-refractivity contribution < 1.29 is 22.2 Å². The topological polar surface area (TPSA) is 74.2 Å². The third-order valence-electron chi connectivity index (χ3n) is 4.70. The Bertz CT molecular complexity index is 1190. The van der Waals surface area contributed by atoms with E-state index in [1.165, 1.54) is 12.1 Å². The highest BCUT2D eigenvalue weighted by molar-refractivity contribution is 7.87. The molecule has 0 unspecified atom stereocenters. The molecule has 0 N–H and O–H groups in total. The molecule has 0 amide bonds. The van der Waals surface area contributed by atoms with Gasteiger partial charge >= 0.3 is 10.1 Å². The quantitative estimate of drug-likeness (QED) is 0.198. The van der Waals surface area contributed by atoms with E-state index in [-0.39, 0.29) is 15.7 Å². The lowest BCUT2D eigenvalue weighted by Gasteiger charge is -2.12. The Morgan fingerprint density at radius 2 is 1.67 bits per heavy atom. The van der Waals surface area contributed by atoms with Gasteiger partial charge in [0, 0.05) is 12.5 Å². The molecule has 3 aromatic carbocycles. The summed E-state index contributed by atoms with van der Waals surface area (Å²) in [6.45, 7) is 4.81. The molecule has 8 heteroatoms. The normalized spacial score (nSPS) is 11.5. The Hall–Kier alpha value is -3.03. The molecule has 0 spiro atoms. The first-order valence-corrected chi connectivity index (χ1v) is 12.4. The fraction of sp³-hybridized carbons (Fsp3) is 0.240. The number of ether oxygens (including phenoxy) is 1. The zero-order valence-electron chi connectivity index (χ0n) is 18.5. The Morgan fingerprint density at radius 1 is 0.939 bits per heavy atom.